The molecule has 1 aromatic carbocycles. The molecule has 2 aliphatic carbocycles. The van der Waals surface area contributed by atoms with Crippen molar-refractivity contribution < 1.29 is 0 Å². The van der Waals surface area contributed by atoms with Gasteiger partial charge in [-0.3, -0.25) is 0 Å². The van der Waals surface area contributed by atoms with Crippen LogP contribution >= 0.6 is 11.8 Å². The predicted molar refractivity (Wildman–Crippen MR) is 94.1 cm³/mol. The molecule has 1 N–H and O–H groups in total. The van der Waals surface area contributed by atoms with Gasteiger partial charge in [-0.15, -0.1) is 11.8 Å². The Balaban J connectivity index is 1.54. The molecule has 0 amide bonds. The van der Waals surface area contributed by atoms with Gasteiger partial charge in [-0.05, 0) is 68.2 Å². The van der Waals surface area contributed by atoms with Crippen molar-refractivity contribution >= 4 is 17.4 Å². The van der Waals surface area contributed by atoms with E-state index in [1.54, 1.807) is 0 Å². The van der Waals surface area contributed by atoms with E-state index in [2.05, 4.69) is 55.2 Å². The first kappa shape index (κ1) is 15.3. The van der Waals surface area contributed by atoms with Gasteiger partial charge < -0.3 is 5.32 Å². The second-order valence-electron chi connectivity index (χ2n) is 7.31. The van der Waals surface area contributed by atoms with Crippen molar-refractivity contribution in [3.05, 3.63) is 24.3 Å². The highest BCUT2D eigenvalue weighted by Gasteiger charge is 2.23. The normalized spacial score (nSPS) is 30.5. The molecule has 1 nitrogen and oxygen atoms in total. The summed E-state index contributed by atoms with van der Waals surface area (Å²) < 4.78 is 0. The predicted octanol–water partition coefficient (Wildman–Crippen LogP) is 5.96. The largest absolute Gasteiger partial charge is 0.382 e. The average Bonchev–Trinajstić information content (AvgIpc) is 2.93. The Hall–Kier alpha value is -0.630. The van der Waals surface area contributed by atoms with Crippen LogP contribution < -0.4 is 5.32 Å². The second kappa shape index (κ2) is 7.09. The summed E-state index contributed by atoms with van der Waals surface area (Å²) in [6, 6.07) is 9.84. The van der Waals surface area contributed by atoms with E-state index in [1.807, 2.05) is 0 Å². The Morgan fingerprint density at radius 3 is 2.14 bits per heavy atom. The first-order valence-corrected chi connectivity index (χ1v) is 9.60. The fraction of sp³-hybridized carbons (Fsp3) is 0.684. The molecule has 3 rings (SSSR count). The lowest BCUT2D eigenvalue weighted by Crippen LogP contribution is -2.30. The summed E-state index contributed by atoms with van der Waals surface area (Å²) in [6.45, 7) is 4.79. The molecule has 1 aromatic rings. The molecule has 2 heteroatoms. The van der Waals surface area contributed by atoms with Gasteiger partial charge in [0.05, 0.1) is 0 Å². The SMILES string of the molecule is CC1CC(C)CC(Nc2ccc(SC3CCCC3)cc2)C1. The molecule has 2 aliphatic rings. The Bertz CT molecular complexity index is 425. The van der Waals surface area contributed by atoms with Crippen molar-refractivity contribution in [1.29, 1.82) is 0 Å². The lowest BCUT2D eigenvalue weighted by molar-refractivity contribution is 0.281. The van der Waals surface area contributed by atoms with E-state index in [0.29, 0.717) is 6.04 Å². The topological polar surface area (TPSA) is 12.0 Å². The minimum Gasteiger partial charge on any atom is -0.382 e. The van der Waals surface area contributed by atoms with Crippen LogP contribution in [-0.4, -0.2) is 11.3 Å². The lowest BCUT2D eigenvalue weighted by atomic mass is 9.80. The van der Waals surface area contributed by atoms with Crippen LogP contribution in [0.2, 0.25) is 0 Å². The van der Waals surface area contributed by atoms with Crippen molar-refractivity contribution in [3.63, 3.8) is 0 Å². The van der Waals surface area contributed by atoms with E-state index in [0.717, 1.165) is 17.1 Å². The molecule has 0 aliphatic heterocycles. The van der Waals surface area contributed by atoms with E-state index >= 15 is 0 Å². The molecule has 21 heavy (non-hydrogen) atoms. The fourth-order valence-corrected chi connectivity index (χ4v) is 5.38. The van der Waals surface area contributed by atoms with Crippen LogP contribution in [0.3, 0.4) is 0 Å². The summed E-state index contributed by atoms with van der Waals surface area (Å²) in [5.74, 6) is 1.73. The third kappa shape index (κ3) is 4.42. The van der Waals surface area contributed by atoms with Crippen LogP contribution in [-0.2, 0) is 0 Å². The maximum absolute atomic E-state index is 3.75. The zero-order valence-electron chi connectivity index (χ0n) is 13.5. The maximum atomic E-state index is 3.75. The molecule has 2 fully saturated rings. The first-order chi connectivity index (χ1) is 10.2. The van der Waals surface area contributed by atoms with Crippen LogP contribution in [0.5, 0.6) is 0 Å². The maximum Gasteiger partial charge on any atom is 0.0343 e. The molecule has 2 unspecified atom stereocenters. The molecule has 2 saturated carbocycles. The van der Waals surface area contributed by atoms with E-state index in [1.165, 1.54) is 55.5 Å². The van der Waals surface area contributed by atoms with Gasteiger partial charge in [0.1, 0.15) is 0 Å². The summed E-state index contributed by atoms with van der Waals surface area (Å²) in [4.78, 5) is 1.44. The van der Waals surface area contributed by atoms with Crippen molar-refractivity contribution in [2.24, 2.45) is 11.8 Å². The zero-order chi connectivity index (χ0) is 14.7. The van der Waals surface area contributed by atoms with Crippen LogP contribution in [0.15, 0.2) is 29.2 Å². The molecule has 0 aromatic heterocycles. The van der Waals surface area contributed by atoms with E-state index in [-0.39, 0.29) is 0 Å². The smallest absolute Gasteiger partial charge is 0.0343 e. The molecular weight excluding hydrogens is 274 g/mol. The second-order valence-corrected chi connectivity index (χ2v) is 8.68. The molecule has 116 valence electrons. The Morgan fingerprint density at radius 2 is 1.52 bits per heavy atom. The summed E-state index contributed by atoms with van der Waals surface area (Å²) in [5.41, 5.74) is 1.30. The Kier molecular flexibility index (Phi) is 5.15. The van der Waals surface area contributed by atoms with Crippen LogP contribution in [0, 0.1) is 11.8 Å². The van der Waals surface area contributed by atoms with Gasteiger partial charge in [0.25, 0.3) is 0 Å². The van der Waals surface area contributed by atoms with Crippen LogP contribution in [0.4, 0.5) is 5.69 Å². The molecule has 0 spiro atoms. The van der Waals surface area contributed by atoms with E-state index in [4.69, 9.17) is 0 Å². The van der Waals surface area contributed by atoms with E-state index < -0.39 is 0 Å². The number of hydrogen-bond acceptors (Lipinski definition) is 2. The average molecular weight is 304 g/mol. The standard InChI is InChI=1S/C19H29NS/c1-14-11-15(2)13-17(12-14)20-16-7-9-19(10-8-16)21-18-5-3-4-6-18/h7-10,14-15,17-18,20H,3-6,11-13H2,1-2H3. The monoisotopic (exact) mass is 303 g/mol. The van der Waals surface area contributed by atoms with Gasteiger partial charge >= 0.3 is 0 Å². The third-order valence-corrected chi connectivity index (χ3v) is 6.36. The molecule has 0 bridgehead atoms. The summed E-state index contributed by atoms with van der Waals surface area (Å²) in [6.07, 6.45) is 9.71. The van der Waals surface area contributed by atoms with Crippen molar-refractivity contribution in [1.82, 2.24) is 0 Å². The highest BCUT2D eigenvalue weighted by Crippen LogP contribution is 2.35. The molecule has 0 radical (unpaired) electrons. The number of anilines is 1. The number of rotatable bonds is 4. The summed E-state index contributed by atoms with van der Waals surface area (Å²) in [7, 11) is 0. The Labute approximate surface area is 134 Å². The van der Waals surface area contributed by atoms with Gasteiger partial charge in [-0.1, -0.05) is 26.7 Å². The van der Waals surface area contributed by atoms with Gasteiger partial charge in [0.15, 0.2) is 0 Å². The quantitative estimate of drug-likeness (QED) is 0.736. The van der Waals surface area contributed by atoms with E-state index in [9.17, 15) is 0 Å². The minimum atomic E-state index is 0.664. The van der Waals surface area contributed by atoms with Crippen molar-refractivity contribution in [2.45, 2.75) is 75.0 Å². The first-order valence-electron chi connectivity index (χ1n) is 8.72. The third-order valence-electron chi connectivity index (χ3n) is 5.01. The summed E-state index contributed by atoms with van der Waals surface area (Å²) >= 11 is 2.08. The summed E-state index contributed by atoms with van der Waals surface area (Å²) in [5, 5.41) is 4.62. The zero-order valence-corrected chi connectivity index (χ0v) is 14.3. The Morgan fingerprint density at radius 1 is 0.905 bits per heavy atom. The number of thioether (sulfide) groups is 1. The molecule has 0 heterocycles. The highest BCUT2D eigenvalue weighted by molar-refractivity contribution is 8.00. The molecule has 2 atom stereocenters. The van der Waals surface area contributed by atoms with Gasteiger partial charge in [0, 0.05) is 21.9 Å². The lowest BCUT2D eigenvalue weighted by Gasteiger charge is -2.32. The van der Waals surface area contributed by atoms with Gasteiger partial charge in [-0.25, -0.2) is 0 Å². The highest BCUT2D eigenvalue weighted by atomic mass is 32.2. The van der Waals surface area contributed by atoms with Crippen molar-refractivity contribution in [3.8, 4) is 0 Å². The van der Waals surface area contributed by atoms with Crippen LogP contribution in [0.25, 0.3) is 0 Å². The minimum absolute atomic E-state index is 0.664. The fourth-order valence-electron chi connectivity index (χ4n) is 4.13. The van der Waals surface area contributed by atoms with Gasteiger partial charge in [-0.2, -0.15) is 0 Å². The number of hydrogen-bond donors (Lipinski definition) is 1. The number of benzene rings is 1. The molecule has 0 saturated heterocycles. The molecular formula is C19H29NS. The number of nitrogens with one attached hydrogen (secondary N) is 1. The van der Waals surface area contributed by atoms with Crippen molar-refractivity contribution in [2.75, 3.05) is 5.32 Å². The van der Waals surface area contributed by atoms with Crippen LogP contribution in [0.1, 0.15) is 58.8 Å². The van der Waals surface area contributed by atoms with Gasteiger partial charge in [0.2, 0.25) is 0 Å².